The number of rotatable bonds is 6. The van der Waals surface area contributed by atoms with Gasteiger partial charge in [-0.05, 0) is 60.9 Å². The molecule has 0 saturated carbocycles. The van der Waals surface area contributed by atoms with Crippen molar-refractivity contribution in [2.24, 2.45) is 4.99 Å². The van der Waals surface area contributed by atoms with Gasteiger partial charge in [-0.25, -0.2) is 8.78 Å². The number of halogens is 2. The van der Waals surface area contributed by atoms with Crippen LogP contribution < -0.4 is 14.8 Å². The summed E-state index contributed by atoms with van der Waals surface area (Å²) in [7, 11) is 1.48. The normalized spacial score (nSPS) is 15.0. The molecule has 3 aromatic rings. The van der Waals surface area contributed by atoms with E-state index in [9.17, 15) is 14.4 Å². The van der Waals surface area contributed by atoms with Crippen LogP contribution in [0.25, 0.3) is 0 Å². The van der Waals surface area contributed by atoms with Gasteiger partial charge in [-0.15, -0.1) is 4.99 Å². The van der Waals surface area contributed by atoms with Crippen LogP contribution in [0.3, 0.4) is 0 Å². The second kappa shape index (κ2) is 11.5. The van der Waals surface area contributed by atoms with Crippen LogP contribution in [0.4, 0.5) is 8.78 Å². The largest absolute Gasteiger partial charge is 0.496 e. The van der Waals surface area contributed by atoms with E-state index in [4.69, 9.17) is 9.47 Å². The zero-order valence-corrected chi connectivity index (χ0v) is 20.3. The average molecular weight is 505 g/mol. The van der Waals surface area contributed by atoms with Crippen molar-refractivity contribution in [3.63, 3.8) is 0 Å². The SMILES string of the molecule is COc1ccccc1C(=O)NCC1(c2cc(F)ccc2F)CCN(C(=NC#N)Oc2ccccc2)CC1. The summed E-state index contributed by atoms with van der Waals surface area (Å²) in [6.45, 7) is 0.754. The van der Waals surface area contributed by atoms with Gasteiger partial charge < -0.3 is 19.7 Å². The van der Waals surface area contributed by atoms with E-state index in [1.807, 2.05) is 6.07 Å². The lowest BCUT2D eigenvalue weighted by atomic mass is 9.72. The van der Waals surface area contributed by atoms with Crippen molar-refractivity contribution in [3.8, 4) is 17.7 Å². The molecule has 37 heavy (non-hydrogen) atoms. The first-order valence-electron chi connectivity index (χ1n) is 11.8. The summed E-state index contributed by atoms with van der Waals surface area (Å²) < 4.78 is 40.4. The summed E-state index contributed by atoms with van der Waals surface area (Å²) >= 11 is 0. The first-order valence-corrected chi connectivity index (χ1v) is 11.8. The number of methoxy groups -OCH3 is 1. The number of hydrogen-bond acceptors (Lipinski definition) is 5. The van der Waals surface area contributed by atoms with Crippen molar-refractivity contribution in [2.75, 3.05) is 26.7 Å². The van der Waals surface area contributed by atoms with Crippen LogP contribution >= 0.6 is 0 Å². The van der Waals surface area contributed by atoms with E-state index in [1.165, 1.54) is 13.2 Å². The molecular weight excluding hydrogens is 478 g/mol. The molecule has 4 rings (SSSR count). The number of nitrogens with one attached hydrogen (secondary N) is 1. The summed E-state index contributed by atoms with van der Waals surface area (Å²) in [5.41, 5.74) is -0.363. The Balaban J connectivity index is 1.57. The van der Waals surface area contributed by atoms with Crippen molar-refractivity contribution >= 4 is 11.9 Å². The van der Waals surface area contributed by atoms with Crippen molar-refractivity contribution < 1.29 is 23.0 Å². The number of ether oxygens (including phenoxy) is 2. The van der Waals surface area contributed by atoms with E-state index < -0.39 is 17.0 Å². The van der Waals surface area contributed by atoms with Gasteiger partial charge in [0, 0.05) is 25.0 Å². The van der Waals surface area contributed by atoms with E-state index in [2.05, 4.69) is 10.3 Å². The van der Waals surface area contributed by atoms with E-state index in [0.29, 0.717) is 43.0 Å². The molecule has 1 fully saturated rings. The van der Waals surface area contributed by atoms with Crippen LogP contribution in [0.1, 0.15) is 28.8 Å². The third kappa shape index (κ3) is 5.86. The third-order valence-electron chi connectivity index (χ3n) is 6.53. The van der Waals surface area contributed by atoms with Gasteiger partial charge in [0.1, 0.15) is 23.1 Å². The molecule has 190 valence electrons. The van der Waals surface area contributed by atoms with Gasteiger partial charge in [0.2, 0.25) is 6.19 Å². The molecule has 0 aliphatic carbocycles. The number of para-hydroxylation sites is 2. The molecule has 0 unspecified atom stereocenters. The number of nitriles is 1. The van der Waals surface area contributed by atoms with Crippen LogP contribution in [0.5, 0.6) is 11.5 Å². The highest BCUT2D eigenvalue weighted by Gasteiger charge is 2.40. The first-order chi connectivity index (χ1) is 18.0. The number of hydrogen-bond donors (Lipinski definition) is 1. The molecule has 1 heterocycles. The van der Waals surface area contributed by atoms with Crippen molar-refractivity contribution in [2.45, 2.75) is 18.3 Å². The molecule has 1 saturated heterocycles. The number of nitrogens with zero attached hydrogens (tertiary/aromatic N) is 3. The zero-order chi connectivity index (χ0) is 26.3. The van der Waals surface area contributed by atoms with E-state index in [1.54, 1.807) is 59.6 Å². The van der Waals surface area contributed by atoms with Gasteiger partial charge in [0.05, 0.1) is 12.7 Å². The highest BCUT2D eigenvalue weighted by atomic mass is 19.1. The highest BCUT2D eigenvalue weighted by Crippen LogP contribution is 2.37. The van der Waals surface area contributed by atoms with E-state index in [0.717, 1.165) is 12.1 Å². The summed E-state index contributed by atoms with van der Waals surface area (Å²) in [6.07, 6.45) is 2.47. The second-order valence-corrected chi connectivity index (χ2v) is 8.68. The van der Waals surface area contributed by atoms with E-state index in [-0.39, 0.29) is 24.0 Å². The Bertz CT molecular complexity index is 1320. The van der Waals surface area contributed by atoms with Crippen LogP contribution in [-0.4, -0.2) is 43.6 Å². The lowest BCUT2D eigenvalue weighted by molar-refractivity contribution is 0.0926. The number of carbonyl (C=O) groups is 1. The van der Waals surface area contributed by atoms with Crippen molar-refractivity contribution in [1.82, 2.24) is 10.2 Å². The molecule has 0 radical (unpaired) electrons. The number of likely N-dealkylation sites (tertiary alicyclic amines) is 1. The number of amides is 1. The van der Waals surface area contributed by atoms with Crippen LogP contribution in [0.2, 0.25) is 0 Å². The smallest absolute Gasteiger partial charge is 0.308 e. The maximum Gasteiger partial charge on any atom is 0.308 e. The number of benzene rings is 3. The molecule has 3 aromatic carbocycles. The molecule has 0 bridgehead atoms. The van der Waals surface area contributed by atoms with Gasteiger partial charge >= 0.3 is 6.02 Å². The molecule has 7 nitrogen and oxygen atoms in total. The Morgan fingerprint density at radius 3 is 2.49 bits per heavy atom. The lowest BCUT2D eigenvalue weighted by Crippen LogP contribution is -2.51. The number of amidine groups is 1. The second-order valence-electron chi connectivity index (χ2n) is 8.68. The van der Waals surface area contributed by atoms with Gasteiger partial charge in [-0.1, -0.05) is 30.3 Å². The van der Waals surface area contributed by atoms with E-state index >= 15 is 4.39 Å². The number of carbonyl (C=O) groups excluding carboxylic acids is 1. The zero-order valence-electron chi connectivity index (χ0n) is 20.3. The Kier molecular flexibility index (Phi) is 7.98. The van der Waals surface area contributed by atoms with Crippen LogP contribution in [-0.2, 0) is 5.41 Å². The predicted molar refractivity (Wildman–Crippen MR) is 134 cm³/mol. The lowest BCUT2D eigenvalue weighted by Gasteiger charge is -2.42. The molecule has 1 N–H and O–H groups in total. The molecule has 1 aliphatic heterocycles. The Labute approximate surface area is 214 Å². The first kappa shape index (κ1) is 25.6. The van der Waals surface area contributed by atoms with Crippen LogP contribution in [0.15, 0.2) is 77.8 Å². The predicted octanol–water partition coefficient (Wildman–Crippen LogP) is 4.65. The fourth-order valence-electron chi connectivity index (χ4n) is 4.54. The van der Waals surface area contributed by atoms with Gasteiger partial charge in [0.15, 0.2) is 0 Å². The highest BCUT2D eigenvalue weighted by molar-refractivity contribution is 5.97. The number of aliphatic imine (C=N–C) groups is 1. The maximum absolute atomic E-state index is 15.0. The minimum absolute atomic E-state index is 0.0718. The Morgan fingerprint density at radius 2 is 1.78 bits per heavy atom. The van der Waals surface area contributed by atoms with Crippen molar-refractivity contribution in [1.29, 1.82) is 5.26 Å². The van der Waals surface area contributed by atoms with Gasteiger partial charge in [0.25, 0.3) is 5.91 Å². The Morgan fingerprint density at radius 1 is 1.08 bits per heavy atom. The monoisotopic (exact) mass is 504 g/mol. The Hall–Kier alpha value is -4.45. The standard InChI is InChI=1S/C28H26F2N4O3/c1-36-25-10-6-5-9-22(25)26(35)32-18-28(23-17-20(29)11-12-24(23)30)13-15-34(16-14-28)27(33-19-31)37-21-7-3-2-4-8-21/h2-12,17H,13-16,18H2,1H3,(H,32,35). The summed E-state index contributed by atoms with van der Waals surface area (Å²) in [5.74, 6) is -0.554. The molecule has 1 amide bonds. The average Bonchev–Trinajstić information content (AvgIpc) is 2.93. The third-order valence-corrected chi connectivity index (χ3v) is 6.53. The molecule has 0 atom stereocenters. The maximum atomic E-state index is 15.0. The minimum Gasteiger partial charge on any atom is -0.496 e. The fraction of sp³-hybridized carbons (Fsp3) is 0.250. The molecule has 1 aliphatic rings. The topological polar surface area (TPSA) is 87.0 Å². The summed E-state index contributed by atoms with van der Waals surface area (Å²) in [4.78, 5) is 18.6. The quantitative estimate of drug-likeness (QED) is 0.300. The minimum atomic E-state index is -0.898. The van der Waals surface area contributed by atoms with Gasteiger partial charge in [-0.2, -0.15) is 5.26 Å². The molecule has 0 spiro atoms. The summed E-state index contributed by atoms with van der Waals surface area (Å²) in [5, 5.41) is 12.1. The molecule has 9 heteroatoms. The fourth-order valence-corrected chi connectivity index (χ4v) is 4.54. The van der Waals surface area contributed by atoms with Crippen molar-refractivity contribution in [3.05, 3.63) is 95.6 Å². The van der Waals surface area contributed by atoms with Gasteiger partial charge in [-0.3, -0.25) is 4.79 Å². The summed E-state index contributed by atoms with van der Waals surface area (Å²) in [6, 6.07) is 19.2. The molecular formula is C28H26F2N4O3. The molecule has 0 aromatic heterocycles. The van der Waals surface area contributed by atoms with Crippen LogP contribution in [0, 0.1) is 23.1 Å². The number of piperidine rings is 1.